The van der Waals surface area contributed by atoms with Crippen LogP contribution in [0.5, 0.6) is 5.75 Å². The van der Waals surface area contributed by atoms with E-state index in [-0.39, 0.29) is 23.8 Å². The third kappa shape index (κ3) is 3.73. The van der Waals surface area contributed by atoms with Crippen LogP contribution in [0, 0.1) is 11.7 Å². The zero-order valence-electron chi connectivity index (χ0n) is 12.2. The molecule has 7 heteroatoms. The van der Waals surface area contributed by atoms with Crippen molar-refractivity contribution in [2.45, 2.75) is 18.9 Å². The lowest BCUT2D eigenvalue weighted by Crippen LogP contribution is -2.40. The van der Waals surface area contributed by atoms with Gasteiger partial charge in [0.25, 0.3) is 0 Å². The average Bonchev–Trinajstić information content (AvgIpc) is 2.52. The van der Waals surface area contributed by atoms with E-state index in [1.165, 1.54) is 19.2 Å². The third-order valence-electron chi connectivity index (χ3n) is 3.57. The summed E-state index contributed by atoms with van der Waals surface area (Å²) in [6.07, 6.45) is 1.40. The van der Waals surface area contributed by atoms with Crippen LogP contribution in [0.2, 0.25) is 0 Å². The molecule has 0 aromatic heterocycles. The number of rotatable bonds is 5. The maximum atomic E-state index is 13.7. The van der Waals surface area contributed by atoms with Crippen molar-refractivity contribution in [3.05, 3.63) is 29.6 Å². The summed E-state index contributed by atoms with van der Waals surface area (Å²) in [4.78, 5) is 23.5. The lowest BCUT2D eigenvalue weighted by atomic mass is 9.99. The van der Waals surface area contributed by atoms with Crippen molar-refractivity contribution in [3.63, 3.8) is 0 Å². The highest BCUT2D eigenvalue weighted by atomic mass is 19.1. The summed E-state index contributed by atoms with van der Waals surface area (Å²) in [6, 6.07) is 2.49. The maximum absolute atomic E-state index is 13.7. The lowest BCUT2D eigenvalue weighted by molar-refractivity contribution is -0.143. The van der Waals surface area contributed by atoms with E-state index in [1.807, 2.05) is 0 Å². The summed E-state index contributed by atoms with van der Waals surface area (Å²) >= 11 is 0. The van der Waals surface area contributed by atoms with Gasteiger partial charge in [0.1, 0.15) is 0 Å². The van der Waals surface area contributed by atoms with E-state index < -0.39 is 23.7 Å². The number of carbonyl (C=O) groups is 2. The van der Waals surface area contributed by atoms with Crippen molar-refractivity contribution in [2.24, 2.45) is 5.92 Å². The van der Waals surface area contributed by atoms with Crippen LogP contribution in [0.3, 0.4) is 0 Å². The van der Waals surface area contributed by atoms with Crippen molar-refractivity contribution < 1.29 is 28.6 Å². The number of halogens is 1. The van der Waals surface area contributed by atoms with Crippen LogP contribution in [0.1, 0.15) is 24.4 Å². The Morgan fingerprint density at radius 1 is 1.50 bits per heavy atom. The molecule has 1 fully saturated rings. The quantitative estimate of drug-likeness (QED) is 0.861. The molecule has 22 heavy (non-hydrogen) atoms. The number of amides is 1. The predicted molar refractivity (Wildman–Crippen MR) is 75.0 cm³/mol. The van der Waals surface area contributed by atoms with Gasteiger partial charge in [-0.1, -0.05) is 6.07 Å². The highest BCUT2D eigenvalue weighted by Gasteiger charge is 2.28. The second kappa shape index (κ2) is 7.22. The van der Waals surface area contributed by atoms with Gasteiger partial charge in [-0.25, -0.2) is 9.18 Å². The SMILES string of the molecule is COc1ccc([C@@H](NC(=O)[C@H]2CCCOC2)C(=O)O)cc1F. The first-order valence-electron chi connectivity index (χ1n) is 6.97. The van der Waals surface area contributed by atoms with Crippen molar-refractivity contribution in [1.82, 2.24) is 5.32 Å². The molecule has 1 aliphatic heterocycles. The molecule has 2 N–H and O–H groups in total. The molecule has 1 aromatic rings. The number of carboxylic acids is 1. The van der Waals surface area contributed by atoms with Crippen molar-refractivity contribution in [3.8, 4) is 5.75 Å². The number of carboxylic acid groups (broad SMARTS) is 1. The minimum absolute atomic E-state index is 0.0138. The van der Waals surface area contributed by atoms with E-state index in [9.17, 15) is 19.1 Å². The number of aliphatic carboxylic acids is 1. The highest BCUT2D eigenvalue weighted by Crippen LogP contribution is 2.23. The average molecular weight is 311 g/mol. The summed E-state index contributed by atoms with van der Waals surface area (Å²) in [5.41, 5.74) is 0.149. The Morgan fingerprint density at radius 3 is 2.82 bits per heavy atom. The molecular weight excluding hydrogens is 293 g/mol. The van der Waals surface area contributed by atoms with Gasteiger partial charge in [-0.2, -0.15) is 0 Å². The van der Waals surface area contributed by atoms with Gasteiger partial charge in [0, 0.05) is 6.61 Å². The molecule has 120 valence electrons. The number of ether oxygens (including phenoxy) is 2. The molecule has 2 atom stereocenters. The monoisotopic (exact) mass is 311 g/mol. The zero-order valence-corrected chi connectivity index (χ0v) is 12.2. The Labute approximate surface area is 127 Å². The molecular formula is C15H18FNO5. The summed E-state index contributed by atoms with van der Waals surface area (Å²) in [5.74, 6) is -2.70. The Morgan fingerprint density at radius 2 is 2.27 bits per heavy atom. The fourth-order valence-corrected chi connectivity index (χ4v) is 2.36. The molecule has 2 rings (SSSR count). The van der Waals surface area contributed by atoms with Crippen LogP contribution in [-0.2, 0) is 14.3 Å². The van der Waals surface area contributed by atoms with Crippen LogP contribution >= 0.6 is 0 Å². The van der Waals surface area contributed by atoms with Crippen molar-refractivity contribution in [2.75, 3.05) is 20.3 Å². The molecule has 0 radical (unpaired) electrons. The Bertz CT molecular complexity index is 557. The minimum atomic E-state index is -1.31. The standard InChI is InChI=1S/C15H18FNO5/c1-21-12-5-4-9(7-11(12)16)13(15(19)20)17-14(18)10-3-2-6-22-8-10/h4-5,7,10,13H,2-3,6,8H2,1H3,(H,17,18)(H,19,20)/t10-,13+/m0/s1. The number of hydrogen-bond donors (Lipinski definition) is 2. The highest BCUT2D eigenvalue weighted by molar-refractivity contribution is 5.86. The van der Waals surface area contributed by atoms with Gasteiger partial charge < -0.3 is 19.9 Å². The van der Waals surface area contributed by atoms with E-state index in [2.05, 4.69) is 5.32 Å². The Hall–Kier alpha value is -2.15. The summed E-state index contributed by atoms with van der Waals surface area (Å²) in [6.45, 7) is 0.880. The molecule has 1 aliphatic rings. The van der Waals surface area contributed by atoms with Crippen LogP contribution in [-0.4, -0.2) is 37.3 Å². The van der Waals surface area contributed by atoms with Gasteiger partial charge in [0.05, 0.1) is 19.6 Å². The first kappa shape index (κ1) is 16.2. The van der Waals surface area contributed by atoms with Gasteiger partial charge in [0.15, 0.2) is 17.6 Å². The molecule has 1 amide bonds. The second-order valence-corrected chi connectivity index (χ2v) is 5.09. The number of carbonyl (C=O) groups excluding carboxylic acids is 1. The minimum Gasteiger partial charge on any atom is -0.494 e. The van der Waals surface area contributed by atoms with Crippen LogP contribution in [0.25, 0.3) is 0 Å². The third-order valence-corrected chi connectivity index (χ3v) is 3.57. The summed E-state index contributed by atoms with van der Waals surface area (Å²) in [7, 11) is 1.32. The topological polar surface area (TPSA) is 84.9 Å². The fraction of sp³-hybridized carbons (Fsp3) is 0.467. The zero-order chi connectivity index (χ0) is 16.1. The van der Waals surface area contributed by atoms with Gasteiger partial charge >= 0.3 is 5.97 Å². The summed E-state index contributed by atoms with van der Waals surface area (Å²) < 4.78 is 23.7. The van der Waals surface area contributed by atoms with Crippen molar-refractivity contribution in [1.29, 1.82) is 0 Å². The van der Waals surface area contributed by atoms with Crippen LogP contribution in [0.4, 0.5) is 4.39 Å². The lowest BCUT2D eigenvalue weighted by Gasteiger charge is -2.23. The molecule has 1 aromatic carbocycles. The van der Waals surface area contributed by atoms with E-state index in [1.54, 1.807) is 0 Å². The normalized spacial score (nSPS) is 19.3. The molecule has 0 aliphatic carbocycles. The van der Waals surface area contributed by atoms with E-state index in [0.717, 1.165) is 12.5 Å². The first-order chi connectivity index (χ1) is 10.5. The smallest absolute Gasteiger partial charge is 0.330 e. The van der Waals surface area contributed by atoms with Gasteiger partial charge in [0.2, 0.25) is 5.91 Å². The Balaban J connectivity index is 2.14. The number of methoxy groups -OCH3 is 1. The second-order valence-electron chi connectivity index (χ2n) is 5.09. The molecule has 6 nitrogen and oxygen atoms in total. The van der Waals surface area contributed by atoms with Gasteiger partial charge in [-0.15, -0.1) is 0 Å². The molecule has 1 saturated heterocycles. The molecule has 0 bridgehead atoms. The fourth-order valence-electron chi connectivity index (χ4n) is 2.36. The predicted octanol–water partition coefficient (Wildman–Crippen LogP) is 1.50. The number of nitrogens with one attached hydrogen (secondary N) is 1. The Kier molecular flexibility index (Phi) is 5.32. The maximum Gasteiger partial charge on any atom is 0.330 e. The molecule has 0 spiro atoms. The molecule has 0 unspecified atom stereocenters. The van der Waals surface area contributed by atoms with E-state index in [0.29, 0.717) is 13.0 Å². The van der Waals surface area contributed by atoms with E-state index in [4.69, 9.17) is 9.47 Å². The van der Waals surface area contributed by atoms with Crippen LogP contribution < -0.4 is 10.1 Å². The van der Waals surface area contributed by atoms with Gasteiger partial charge in [-0.3, -0.25) is 4.79 Å². The molecule has 0 saturated carbocycles. The van der Waals surface area contributed by atoms with E-state index >= 15 is 0 Å². The van der Waals surface area contributed by atoms with Gasteiger partial charge in [-0.05, 0) is 30.5 Å². The number of hydrogen-bond acceptors (Lipinski definition) is 4. The number of benzene rings is 1. The van der Waals surface area contributed by atoms with Crippen molar-refractivity contribution >= 4 is 11.9 Å². The molecule has 1 heterocycles. The first-order valence-corrected chi connectivity index (χ1v) is 6.97. The van der Waals surface area contributed by atoms with Crippen LogP contribution in [0.15, 0.2) is 18.2 Å². The summed E-state index contributed by atoms with van der Waals surface area (Å²) in [5, 5.41) is 11.7. The largest absolute Gasteiger partial charge is 0.494 e.